The number of hydrogen-bond donors (Lipinski definition) is 0. The van der Waals surface area contributed by atoms with Gasteiger partial charge in [0.15, 0.2) is 11.6 Å². The third kappa shape index (κ3) is 3.36. The Kier molecular flexibility index (Phi) is 4.14. The average Bonchev–Trinajstić information content (AvgIpc) is 2.69. The summed E-state index contributed by atoms with van der Waals surface area (Å²) < 4.78 is 0. The second-order valence-electron chi connectivity index (χ2n) is 5.31. The van der Waals surface area contributed by atoms with E-state index in [0.717, 1.165) is 22.3 Å². The van der Waals surface area contributed by atoms with Crippen molar-refractivity contribution >= 4 is 11.6 Å². The van der Waals surface area contributed by atoms with E-state index in [1.807, 2.05) is 54.7 Å². The van der Waals surface area contributed by atoms with Gasteiger partial charge in [-0.25, -0.2) is 4.98 Å². The highest BCUT2D eigenvalue weighted by molar-refractivity contribution is 6.28. The summed E-state index contributed by atoms with van der Waals surface area (Å²) in [7, 11) is 0. The van der Waals surface area contributed by atoms with Gasteiger partial charge < -0.3 is 0 Å². The number of halogens is 1. The Morgan fingerprint density at radius 3 is 1.72 bits per heavy atom. The lowest BCUT2D eigenvalue weighted by molar-refractivity contribution is 1.06. The Balaban J connectivity index is 1.71. The molecule has 0 saturated heterocycles. The van der Waals surface area contributed by atoms with Gasteiger partial charge in [0.25, 0.3) is 0 Å². The molecule has 0 unspecified atom stereocenters. The Morgan fingerprint density at radius 1 is 0.560 bits per heavy atom. The normalized spacial score (nSPS) is 10.6. The maximum absolute atomic E-state index is 6.09. The zero-order chi connectivity index (χ0) is 17.1. The molecule has 0 saturated carbocycles. The molecule has 4 rings (SSSR count). The summed E-state index contributed by atoms with van der Waals surface area (Å²) in [6, 6.07) is 15.6. The average molecular weight is 346 g/mol. The molecule has 25 heavy (non-hydrogen) atoms. The second kappa shape index (κ2) is 6.75. The van der Waals surface area contributed by atoms with Crippen LogP contribution in [0, 0.1) is 0 Å². The maximum Gasteiger partial charge on any atom is 0.226 e. The van der Waals surface area contributed by atoms with Gasteiger partial charge in [-0.2, -0.15) is 9.97 Å². The van der Waals surface area contributed by atoms with Gasteiger partial charge >= 0.3 is 0 Å². The molecule has 1 aromatic carbocycles. The Labute approximate surface area is 149 Å². The molecule has 5 nitrogen and oxygen atoms in total. The van der Waals surface area contributed by atoms with Gasteiger partial charge in [-0.05, 0) is 40.9 Å². The highest BCUT2D eigenvalue weighted by Crippen LogP contribution is 2.24. The van der Waals surface area contributed by atoms with Crippen molar-refractivity contribution in [3.8, 4) is 33.9 Å². The summed E-state index contributed by atoms with van der Waals surface area (Å²) in [4.78, 5) is 21.2. The SMILES string of the molecule is Clc1nc(-c2ccc(-c3cccnc3)cc2)nc(-c2cccnc2)n1. The largest absolute Gasteiger partial charge is 0.264 e. The molecule has 0 radical (unpaired) electrons. The predicted molar refractivity (Wildman–Crippen MR) is 96.7 cm³/mol. The van der Waals surface area contributed by atoms with Crippen molar-refractivity contribution in [2.24, 2.45) is 0 Å². The lowest BCUT2D eigenvalue weighted by Gasteiger charge is -2.06. The van der Waals surface area contributed by atoms with Crippen molar-refractivity contribution in [1.29, 1.82) is 0 Å². The topological polar surface area (TPSA) is 64.5 Å². The van der Waals surface area contributed by atoms with E-state index in [9.17, 15) is 0 Å². The zero-order valence-electron chi connectivity index (χ0n) is 13.0. The first-order valence-corrected chi connectivity index (χ1v) is 8.00. The molecule has 3 aromatic heterocycles. The zero-order valence-corrected chi connectivity index (χ0v) is 13.8. The number of rotatable bonds is 3. The van der Waals surface area contributed by atoms with Crippen LogP contribution in [-0.2, 0) is 0 Å². The van der Waals surface area contributed by atoms with Gasteiger partial charge in [0.1, 0.15) is 0 Å². The van der Waals surface area contributed by atoms with Gasteiger partial charge in [-0.1, -0.05) is 30.3 Å². The standard InChI is InChI=1S/C19H12ClN5/c20-19-24-17(23-18(25-19)16-4-2-10-22-12-16)14-7-5-13(6-8-14)15-3-1-9-21-11-15/h1-12H. The van der Waals surface area contributed by atoms with Crippen LogP contribution >= 0.6 is 11.6 Å². The Bertz CT molecular complexity index is 989. The summed E-state index contributed by atoms with van der Waals surface area (Å²) in [6.07, 6.45) is 6.98. The molecule has 120 valence electrons. The van der Waals surface area contributed by atoms with Crippen molar-refractivity contribution in [2.75, 3.05) is 0 Å². The molecule has 0 N–H and O–H groups in total. The molecular formula is C19H12ClN5. The minimum absolute atomic E-state index is 0.153. The first kappa shape index (κ1) is 15.4. The fraction of sp³-hybridized carbons (Fsp3) is 0. The molecule has 0 aliphatic carbocycles. The van der Waals surface area contributed by atoms with Crippen molar-refractivity contribution in [1.82, 2.24) is 24.9 Å². The van der Waals surface area contributed by atoms with Crippen molar-refractivity contribution in [3.05, 3.63) is 78.6 Å². The molecule has 6 heteroatoms. The van der Waals surface area contributed by atoms with E-state index in [0.29, 0.717) is 11.6 Å². The molecule has 3 heterocycles. The number of benzene rings is 1. The van der Waals surface area contributed by atoms with Crippen LogP contribution in [0.5, 0.6) is 0 Å². The summed E-state index contributed by atoms with van der Waals surface area (Å²) in [5.74, 6) is 1.02. The fourth-order valence-electron chi connectivity index (χ4n) is 2.45. The van der Waals surface area contributed by atoms with Gasteiger partial charge in [0.05, 0.1) is 0 Å². The maximum atomic E-state index is 6.09. The first-order valence-electron chi connectivity index (χ1n) is 7.62. The van der Waals surface area contributed by atoms with E-state index < -0.39 is 0 Å². The summed E-state index contributed by atoms with van der Waals surface area (Å²) >= 11 is 6.09. The molecule has 0 fully saturated rings. The van der Waals surface area contributed by atoms with E-state index >= 15 is 0 Å². The third-order valence-electron chi connectivity index (χ3n) is 3.67. The molecule has 0 aliphatic heterocycles. The minimum atomic E-state index is 0.153. The second-order valence-corrected chi connectivity index (χ2v) is 5.65. The Morgan fingerprint density at radius 2 is 1.12 bits per heavy atom. The monoisotopic (exact) mass is 345 g/mol. The summed E-state index contributed by atoms with van der Waals surface area (Å²) in [6.45, 7) is 0. The molecule has 0 aliphatic rings. The fourth-order valence-corrected chi connectivity index (χ4v) is 2.61. The van der Waals surface area contributed by atoms with Crippen LogP contribution in [0.15, 0.2) is 73.3 Å². The van der Waals surface area contributed by atoms with Crippen LogP contribution in [0.1, 0.15) is 0 Å². The lowest BCUT2D eigenvalue weighted by atomic mass is 10.1. The minimum Gasteiger partial charge on any atom is -0.264 e. The van der Waals surface area contributed by atoms with Gasteiger partial charge in [-0.15, -0.1) is 0 Å². The van der Waals surface area contributed by atoms with Gasteiger partial charge in [-0.3, -0.25) is 9.97 Å². The lowest BCUT2D eigenvalue weighted by Crippen LogP contribution is -1.97. The van der Waals surface area contributed by atoms with Crippen LogP contribution in [0.25, 0.3) is 33.9 Å². The molecular weight excluding hydrogens is 334 g/mol. The van der Waals surface area contributed by atoms with Gasteiger partial charge in [0, 0.05) is 35.9 Å². The van der Waals surface area contributed by atoms with E-state index in [1.54, 1.807) is 18.6 Å². The van der Waals surface area contributed by atoms with Crippen LogP contribution in [0.2, 0.25) is 5.28 Å². The number of nitrogens with zero attached hydrogens (tertiary/aromatic N) is 5. The molecule has 4 aromatic rings. The first-order chi connectivity index (χ1) is 12.3. The number of aromatic nitrogens is 5. The summed E-state index contributed by atoms with van der Waals surface area (Å²) in [5, 5.41) is 0.153. The third-order valence-corrected chi connectivity index (χ3v) is 3.83. The highest BCUT2D eigenvalue weighted by atomic mass is 35.5. The van der Waals surface area contributed by atoms with Crippen LogP contribution < -0.4 is 0 Å². The van der Waals surface area contributed by atoms with Crippen molar-refractivity contribution in [2.45, 2.75) is 0 Å². The predicted octanol–water partition coefficient (Wildman–Crippen LogP) is 4.32. The molecule has 0 spiro atoms. The molecule has 0 amide bonds. The van der Waals surface area contributed by atoms with E-state index in [4.69, 9.17) is 11.6 Å². The Hall–Kier alpha value is -3.18. The van der Waals surface area contributed by atoms with Crippen LogP contribution in [0.3, 0.4) is 0 Å². The highest BCUT2D eigenvalue weighted by Gasteiger charge is 2.09. The van der Waals surface area contributed by atoms with Crippen LogP contribution in [-0.4, -0.2) is 24.9 Å². The van der Waals surface area contributed by atoms with Crippen molar-refractivity contribution in [3.63, 3.8) is 0 Å². The number of hydrogen-bond acceptors (Lipinski definition) is 5. The number of pyridine rings is 2. The quantitative estimate of drug-likeness (QED) is 0.553. The molecule has 0 bridgehead atoms. The van der Waals surface area contributed by atoms with Gasteiger partial charge in [0.2, 0.25) is 5.28 Å². The summed E-state index contributed by atoms with van der Waals surface area (Å²) in [5.41, 5.74) is 3.78. The smallest absolute Gasteiger partial charge is 0.226 e. The van der Waals surface area contributed by atoms with Crippen LogP contribution in [0.4, 0.5) is 0 Å². The molecule has 0 atom stereocenters. The van der Waals surface area contributed by atoms with E-state index in [1.165, 1.54) is 0 Å². The van der Waals surface area contributed by atoms with Crippen molar-refractivity contribution < 1.29 is 0 Å². The van der Waals surface area contributed by atoms with E-state index in [2.05, 4.69) is 24.9 Å². The van der Waals surface area contributed by atoms with E-state index in [-0.39, 0.29) is 5.28 Å².